The Balaban J connectivity index is 2.04. The molecule has 0 saturated heterocycles. The summed E-state index contributed by atoms with van der Waals surface area (Å²) < 4.78 is 5.18. The van der Waals surface area contributed by atoms with E-state index in [0.29, 0.717) is 0 Å². The van der Waals surface area contributed by atoms with Gasteiger partial charge in [0.25, 0.3) is 0 Å². The summed E-state index contributed by atoms with van der Waals surface area (Å²) >= 11 is 3.47. The number of hydrogen-bond donors (Lipinski definition) is 2. The highest BCUT2D eigenvalue weighted by molar-refractivity contribution is 9.08. The molecule has 0 saturated carbocycles. The molecule has 1 aliphatic rings. The molecule has 4 nitrogen and oxygen atoms in total. The molecule has 5 heteroatoms. The van der Waals surface area contributed by atoms with E-state index in [2.05, 4.69) is 32.6 Å². The summed E-state index contributed by atoms with van der Waals surface area (Å²) in [7, 11) is 1.64. The van der Waals surface area contributed by atoms with Crippen LogP contribution in [0.2, 0.25) is 0 Å². The Morgan fingerprint density at radius 3 is 2.62 bits per heavy atom. The van der Waals surface area contributed by atoms with Crippen LogP contribution in [0.15, 0.2) is 42.5 Å². The maximum absolute atomic E-state index is 11.8. The SMILES string of the molecule is COc1ccc(C2NC(=O)Nc3ccc(CBr)cc32)cc1. The molecule has 0 spiro atoms. The van der Waals surface area contributed by atoms with Crippen LogP contribution in [0, 0.1) is 0 Å². The summed E-state index contributed by atoms with van der Waals surface area (Å²) in [5, 5.41) is 6.60. The minimum absolute atomic E-state index is 0.154. The van der Waals surface area contributed by atoms with Crippen molar-refractivity contribution in [3.63, 3.8) is 0 Å². The summed E-state index contributed by atoms with van der Waals surface area (Å²) in [5.41, 5.74) is 4.12. The smallest absolute Gasteiger partial charge is 0.320 e. The van der Waals surface area contributed by atoms with Crippen LogP contribution >= 0.6 is 15.9 Å². The lowest BCUT2D eigenvalue weighted by molar-refractivity contribution is 0.249. The van der Waals surface area contributed by atoms with Crippen molar-refractivity contribution in [2.45, 2.75) is 11.4 Å². The Labute approximate surface area is 131 Å². The second-order valence-electron chi connectivity index (χ2n) is 4.86. The minimum Gasteiger partial charge on any atom is -0.497 e. The largest absolute Gasteiger partial charge is 0.497 e. The van der Waals surface area contributed by atoms with Crippen molar-refractivity contribution in [1.82, 2.24) is 5.32 Å². The van der Waals surface area contributed by atoms with E-state index in [-0.39, 0.29) is 12.1 Å². The van der Waals surface area contributed by atoms with E-state index in [9.17, 15) is 4.79 Å². The molecule has 0 bridgehead atoms. The molecule has 21 heavy (non-hydrogen) atoms. The molecule has 1 aliphatic heterocycles. The maximum Gasteiger partial charge on any atom is 0.320 e. The van der Waals surface area contributed by atoms with Crippen molar-refractivity contribution < 1.29 is 9.53 Å². The number of nitrogens with one attached hydrogen (secondary N) is 2. The molecule has 2 aromatic rings. The van der Waals surface area contributed by atoms with Crippen LogP contribution in [-0.2, 0) is 5.33 Å². The van der Waals surface area contributed by atoms with Gasteiger partial charge in [-0.15, -0.1) is 0 Å². The van der Waals surface area contributed by atoms with Gasteiger partial charge in [0.1, 0.15) is 5.75 Å². The first-order chi connectivity index (χ1) is 10.2. The average molecular weight is 347 g/mol. The number of hydrogen-bond acceptors (Lipinski definition) is 2. The van der Waals surface area contributed by atoms with Gasteiger partial charge < -0.3 is 15.4 Å². The number of urea groups is 1. The van der Waals surface area contributed by atoms with Gasteiger partial charge in [-0.05, 0) is 29.3 Å². The summed E-state index contributed by atoms with van der Waals surface area (Å²) in [4.78, 5) is 11.8. The van der Waals surface area contributed by atoms with Crippen LogP contribution in [0.3, 0.4) is 0 Å². The number of rotatable bonds is 3. The van der Waals surface area contributed by atoms with Gasteiger partial charge in [0.15, 0.2) is 0 Å². The maximum atomic E-state index is 11.8. The van der Waals surface area contributed by atoms with Gasteiger partial charge >= 0.3 is 6.03 Å². The third-order valence-electron chi connectivity index (χ3n) is 3.55. The van der Waals surface area contributed by atoms with Crippen LogP contribution in [0.25, 0.3) is 0 Å². The highest BCUT2D eigenvalue weighted by Crippen LogP contribution is 2.33. The van der Waals surface area contributed by atoms with E-state index >= 15 is 0 Å². The zero-order chi connectivity index (χ0) is 14.8. The van der Waals surface area contributed by atoms with Crippen molar-refractivity contribution in [3.05, 3.63) is 59.2 Å². The molecular weight excluding hydrogens is 332 g/mol. The Morgan fingerprint density at radius 2 is 1.95 bits per heavy atom. The number of carbonyl (C=O) groups excluding carboxylic acids is 1. The zero-order valence-electron chi connectivity index (χ0n) is 11.5. The van der Waals surface area contributed by atoms with Gasteiger partial charge in [-0.25, -0.2) is 4.79 Å². The third-order valence-corrected chi connectivity index (χ3v) is 4.20. The molecule has 2 N–H and O–H groups in total. The molecular formula is C16H15BrN2O2. The highest BCUT2D eigenvalue weighted by atomic mass is 79.9. The van der Waals surface area contributed by atoms with Crippen molar-refractivity contribution in [2.24, 2.45) is 0 Å². The molecule has 0 fully saturated rings. The standard InChI is InChI=1S/C16H15BrN2O2/c1-21-12-5-3-11(4-6-12)15-13-8-10(9-17)2-7-14(13)18-16(20)19-15/h2-8,15H,9H2,1H3,(H2,18,19,20). The molecule has 1 unspecified atom stereocenters. The van der Waals surface area contributed by atoms with E-state index < -0.39 is 0 Å². The van der Waals surface area contributed by atoms with Gasteiger partial charge in [0.05, 0.1) is 13.2 Å². The number of anilines is 1. The average Bonchev–Trinajstić information content (AvgIpc) is 2.53. The number of amides is 2. The lowest BCUT2D eigenvalue weighted by Crippen LogP contribution is -2.38. The van der Waals surface area contributed by atoms with Gasteiger partial charge in [0, 0.05) is 16.6 Å². The lowest BCUT2D eigenvalue weighted by atomic mass is 9.94. The second kappa shape index (κ2) is 5.77. The first-order valence-electron chi connectivity index (χ1n) is 6.61. The van der Waals surface area contributed by atoms with Crippen molar-refractivity contribution in [2.75, 3.05) is 12.4 Å². The number of fused-ring (bicyclic) bond motifs is 1. The van der Waals surface area contributed by atoms with Crippen LogP contribution < -0.4 is 15.4 Å². The molecule has 1 heterocycles. The number of carbonyl (C=O) groups is 1. The number of benzene rings is 2. The lowest BCUT2D eigenvalue weighted by Gasteiger charge is -2.28. The van der Waals surface area contributed by atoms with Crippen LogP contribution in [0.4, 0.5) is 10.5 Å². The zero-order valence-corrected chi connectivity index (χ0v) is 13.1. The predicted molar refractivity (Wildman–Crippen MR) is 86.1 cm³/mol. The summed E-state index contributed by atoms with van der Waals surface area (Å²) in [5.74, 6) is 0.799. The highest BCUT2D eigenvalue weighted by Gasteiger charge is 2.25. The fourth-order valence-corrected chi connectivity index (χ4v) is 2.82. The first-order valence-corrected chi connectivity index (χ1v) is 7.73. The minimum atomic E-state index is -0.185. The Kier molecular flexibility index (Phi) is 3.84. The van der Waals surface area contributed by atoms with Crippen molar-refractivity contribution in [3.8, 4) is 5.75 Å². The summed E-state index contributed by atoms with van der Waals surface area (Å²) in [6, 6.07) is 13.5. The monoisotopic (exact) mass is 346 g/mol. The Bertz CT molecular complexity index is 670. The van der Waals surface area contributed by atoms with Crippen molar-refractivity contribution in [1.29, 1.82) is 0 Å². The van der Waals surface area contributed by atoms with Gasteiger partial charge in [-0.3, -0.25) is 0 Å². The third kappa shape index (κ3) is 2.74. The number of halogens is 1. The number of alkyl halides is 1. The topological polar surface area (TPSA) is 50.4 Å². The molecule has 3 rings (SSSR count). The van der Waals surface area contributed by atoms with Crippen LogP contribution in [0.5, 0.6) is 5.75 Å². The quantitative estimate of drug-likeness (QED) is 0.830. The molecule has 0 aromatic heterocycles. The van der Waals surface area contributed by atoms with Gasteiger partial charge in [0.2, 0.25) is 0 Å². The van der Waals surface area contributed by atoms with Crippen molar-refractivity contribution >= 4 is 27.6 Å². The molecule has 108 valence electrons. The van der Waals surface area contributed by atoms with E-state index in [4.69, 9.17) is 4.74 Å². The predicted octanol–water partition coefficient (Wildman–Crippen LogP) is 3.81. The molecule has 2 aromatic carbocycles. The molecule has 0 aliphatic carbocycles. The summed E-state index contributed by atoms with van der Waals surface area (Å²) in [6.07, 6.45) is 0. The van der Waals surface area contributed by atoms with Gasteiger partial charge in [-0.2, -0.15) is 0 Å². The number of ether oxygens (including phenoxy) is 1. The van der Waals surface area contributed by atoms with Crippen LogP contribution in [0.1, 0.15) is 22.7 Å². The molecule has 1 atom stereocenters. The molecule has 0 radical (unpaired) electrons. The Hall–Kier alpha value is -2.01. The van der Waals surface area contributed by atoms with E-state index in [1.807, 2.05) is 36.4 Å². The van der Waals surface area contributed by atoms with E-state index in [1.54, 1.807) is 7.11 Å². The normalized spacial score (nSPS) is 16.7. The fourth-order valence-electron chi connectivity index (χ4n) is 2.47. The first kappa shape index (κ1) is 13.9. The molecule has 2 amide bonds. The van der Waals surface area contributed by atoms with Crippen LogP contribution in [-0.4, -0.2) is 13.1 Å². The second-order valence-corrected chi connectivity index (χ2v) is 5.42. The van der Waals surface area contributed by atoms with Gasteiger partial charge in [-0.1, -0.05) is 40.2 Å². The number of methoxy groups -OCH3 is 1. The Morgan fingerprint density at radius 1 is 1.19 bits per heavy atom. The summed E-state index contributed by atoms with van der Waals surface area (Å²) in [6.45, 7) is 0. The van der Waals surface area contributed by atoms with E-state index in [0.717, 1.165) is 27.9 Å². The fraction of sp³-hybridized carbons (Fsp3) is 0.188. The van der Waals surface area contributed by atoms with E-state index in [1.165, 1.54) is 5.56 Å².